The van der Waals surface area contributed by atoms with Crippen LogP contribution in [0.2, 0.25) is 0 Å². The normalized spacial score (nSPS) is 14.5. The third kappa shape index (κ3) is 5.70. The van der Waals surface area contributed by atoms with Crippen LogP contribution in [-0.2, 0) is 6.18 Å². The van der Waals surface area contributed by atoms with Crippen molar-refractivity contribution in [3.63, 3.8) is 0 Å². The van der Waals surface area contributed by atoms with Gasteiger partial charge in [-0.25, -0.2) is 14.8 Å². The Balaban J connectivity index is 1.41. The molecule has 3 aromatic rings. The fourth-order valence-corrected chi connectivity index (χ4v) is 3.71. The first-order chi connectivity index (χ1) is 16.7. The number of aromatic nitrogens is 2. The van der Waals surface area contributed by atoms with Gasteiger partial charge in [-0.05, 0) is 37.1 Å². The summed E-state index contributed by atoms with van der Waals surface area (Å²) in [6.45, 7) is 1.21. The van der Waals surface area contributed by atoms with E-state index < -0.39 is 23.5 Å². The van der Waals surface area contributed by atoms with E-state index in [4.69, 9.17) is 4.42 Å². The highest BCUT2D eigenvalue weighted by Crippen LogP contribution is 2.35. The molecule has 1 saturated heterocycles. The molecule has 9 nitrogen and oxygen atoms in total. The molecule has 3 amide bonds. The molecule has 0 bridgehead atoms. The standard InChI is InChI=1S/C23H23F3N6O3/c1-27-22(34)32-11-9-15(10-12-32)29-17-8-7-16(13-28-17)30-20(33)18-19(23(24,25)26)35-21(31-18)14-5-3-2-4-6-14/h2-8,13,15H,9-12H2,1H3,(H,27,34)(H,28,29)(H,30,33). The second-order valence-electron chi connectivity index (χ2n) is 7.91. The van der Waals surface area contributed by atoms with E-state index in [1.54, 1.807) is 36.2 Å². The summed E-state index contributed by atoms with van der Waals surface area (Å²) in [5.74, 6) is -2.29. The Morgan fingerprint density at radius 3 is 2.40 bits per heavy atom. The summed E-state index contributed by atoms with van der Waals surface area (Å²) in [4.78, 5) is 34.1. The molecule has 3 heterocycles. The molecule has 1 fully saturated rings. The number of alkyl halides is 3. The van der Waals surface area contributed by atoms with Gasteiger partial charge in [-0.1, -0.05) is 18.2 Å². The lowest BCUT2D eigenvalue weighted by Crippen LogP contribution is -2.45. The van der Waals surface area contributed by atoms with Crippen molar-refractivity contribution in [2.24, 2.45) is 0 Å². The van der Waals surface area contributed by atoms with Crippen LogP contribution in [-0.4, -0.2) is 53.0 Å². The molecule has 4 rings (SSSR count). The number of pyridine rings is 1. The molecule has 0 aliphatic carbocycles. The predicted octanol–water partition coefficient (Wildman–Crippen LogP) is 4.22. The van der Waals surface area contributed by atoms with E-state index in [0.717, 1.165) is 12.8 Å². The van der Waals surface area contributed by atoms with Gasteiger partial charge < -0.3 is 25.3 Å². The Morgan fingerprint density at radius 1 is 1.09 bits per heavy atom. The van der Waals surface area contributed by atoms with Gasteiger partial charge in [0.25, 0.3) is 5.91 Å². The Bertz CT molecular complexity index is 1170. The molecule has 0 saturated carbocycles. The number of anilines is 2. The molecular formula is C23H23F3N6O3. The van der Waals surface area contributed by atoms with Gasteiger partial charge in [0.2, 0.25) is 11.7 Å². The molecule has 2 aromatic heterocycles. The molecule has 184 valence electrons. The van der Waals surface area contributed by atoms with Crippen molar-refractivity contribution in [2.75, 3.05) is 30.8 Å². The Hall–Kier alpha value is -4.09. The number of likely N-dealkylation sites (tertiary alicyclic amines) is 1. The topological polar surface area (TPSA) is 112 Å². The van der Waals surface area contributed by atoms with Crippen molar-refractivity contribution >= 4 is 23.4 Å². The van der Waals surface area contributed by atoms with Crippen LogP contribution in [0, 0.1) is 0 Å². The minimum absolute atomic E-state index is 0.113. The highest BCUT2D eigenvalue weighted by atomic mass is 19.4. The number of urea groups is 1. The second-order valence-corrected chi connectivity index (χ2v) is 7.91. The van der Waals surface area contributed by atoms with Crippen LogP contribution in [0.15, 0.2) is 53.1 Å². The summed E-state index contributed by atoms with van der Waals surface area (Å²) < 4.78 is 45.3. The second kappa shape index (κ2) is 10.0. The monoisotopic (exact) mass is 488 g/mol. The maximum Gasteiger partial charge on any atom is 0.452 e. The lowest BCUT2D eigenvalue weighted by molar-refractivity contribution is -0.153. The number of hydrogen-bond acceptors (Lipinski definition) is 6. The van der Waals surface area contributed by atoms with E-state index in [1.165, 1.54) is 24.4 Å². The maximum absolute atomic E-state index is 13.5. The first kappa shape index (κ1) is 24.0. The third-order valence-corrected chi connectivity index (χ3v) is 5.49. The van der Waals surface area contributed by atoms with E-state index >= 15 is 0 Å². The van der Waals surface area contributed by atoms with Gasteiger partial charge in [0, 0.05) is 31.7 Å². The van der Waals surface area contributed by atoms with Gasteiger partial charge in [-0.3, -0.25) is 4.79 Å². The Morgan fingerprint density at radius 2 is 1.80 bits per heavy atom. The minimum Gasteiger partial charge on any atom is -0.431 e. The first-order valence-electron chi connectivity index (χ1n) is 10.9. The van der Waals surface area contributed by atoms with Crippen molar-refractivity contribution in [2.45, 2.75) is 25.1 Å². The smallest absolute Gasteiger partial charge is 0.431 e. The van der Waals surface area contributed by atoms with Crippen LogP contribution < -0.4 is 16.0 Å². The van der Waals surface area contributed by atoms with Crippen molar-refractivity contribution in [1.82, 2.24) is 20.2 Å². The van der Waals surface area contributed by atoms with Crippen LogP contribution in [0.1, 0.15) is 29.1 Å². The van der Waals surface area contributed by atoms with Gasteiger partial charge in [0.05, 0.1) is 11.9 Å². The number of carbonyl (C=O) groups excluding carboxylic acids is 2. The molecule has 0 unspecified atom stereocenters. The number of rotatable bonds is 5. The Labute approximate surface area is 198 Å². The van der Waals surface area contributed by atoms with Gasteiger partial charge >= 0.3 is 12.2 Å². The molecule has 35 heavy (non-hydrogen) atoms. The molecule has 0 radical (unpaired) electrons. The van der Waals surface area contributed by atoms with E-state index in [1.807, 2.05) is 0 Å². The first-order valence-corrected chi connectivity index (χ1v) is 10.9. The Kier molecular flexibility index (Phi) is 6.90. The van der Waals surface area contributed by atoms with Crippen molar-refractivity contribution < 1.29 is 27.2 Å². The predicted molar refractivity (Wildman–Crippen MR) is 122 cm³/mol. The summed E-state index contributed by atoms with van der Waals surface area (Å²) in [6, 6.07) is 11.2. The van der Waals surface area contributed by atoms with E-state index in [0.29, 0.717) is 24.5 Å². The minimum atomic E-state index is -4.90. The molecule has 12 heteroatoms. The van der Waals surface area contributed by atoms with E-state index in [-0.39, 0.29) is 23.7 Å². The van der Waals surface area contributed by atoms with Crippen molar-refractivity contribution in [3.05, 3.63) is 60.1 Å². The summed E-state index contributed by atoms with van der Waals surface area (Å²) in [6.07, 6.45) is -2.08. The molecule has 1 aromatic carbocycles. The van der Waals surface area contributed by atoms with Gasteiger partial charge in [-0.2, -0.15) is 13.2 Å². The number of piperidine rings is 1. The SMILES string of the molecule is CNC(=O)N1CCC(Nc2ccc(NC(=O)c3nc(-c4ccccc4)oc3C(F)(F)F)cn2)CC1. The number of nitrogens with zero attached hydrogens (tertiary/aromatic N) is 3. The van der Waals surface area contributed by atoms with E-state index in [2.05, 4.69) is 25.9 Å². The molecule has 0 atom stereocenters. The number of oxazole rings is 1. The average molecular weight is 488 g/mol. The number of halogens is 3. The zero-order valence-corrected chi connectivity index (χ0v) is 18.7. The lowest BCUT2D eigenvalue weighted by atomic mass is 10.1. The summed E-state index contributed by atoms with van der Waals surface area (Å²) in [5.41, 5.74) is -0.343. The van der Waals surface area contributed by atoms with Crippen LogP contribution in [0.25, 0.3) is 11.5 Å². The maximum atomic E-state index is 13.5. The largest absolute Gasteiger partial charge is 0.452 e. The quantitative estimate of drug-likeness (QED) is 0.496. The zero-order valence-electron chi connectivity index (χ0n) is 18.7. The van der Waals surface area contributed by atoms with Crippen LogP contribution in [0.3, 0.4) is 0 Å². The summed E-state index contributed by atoms with van der Waals surface area (Å²) >= 11 is 0. The molecular weight excluding hydrogens is 465 g/mol. The summed E-state index contributed by atoms with van der Waals surface area (Å²) in [5, 5.41) is 8.25. The van der Waals surface area contributed by atoms with Crippen LogP contribution in [0.5, 0.6) is 0 Å². The fourth-order valence-electron chi connectivity index (χ4n) is 3.71. The lowest BCUT2D eigenvalue weighted by Gasteiger charge is -2.32. The highest BCUT2D eigenvalue weighted by molar-refractivity contribution is 6.04. The van der Waals surface area contributed by atoms with Gasteiger partial charge in [0.15, 0.2) is 5.69 Å². The number of nitrogens with one attached hydrogen (secondary N) is 3. The van der Waals surface area contributed by atoms with Crippen LogP contribution in [0.4, 0.5) is 29.5 Å². The van der Waals surface area contributed by atoms with Gasteiger partial charge in [0.1, 0.15) is 5.82 Å². The van der Waals surface area contributed by atoms with Crippen LogP contribution >= 0.6 is 0 Å². The van der Waals surface area contributed by atoms with Gasteiger partial charge in [-0.15, -0.1) is 0 Å². The highest BCUT2D eigenvalue weighted by Gasteiger charge is 2.42. The van der Waals surface area contributed by atoms with E-state index in [9.17, 15) is 22.8 Å². The molecule has 1 aliphatic heterocycles. The molecule has 0 spiro atoms. The number of hydrogen-bond donors (Lipinski definition) is 3. The van der Waals surface area contributed by atoms with Crippen molar-refractivity contribution in [3.8, 4) is 11.5 Å². The summed E-state index contributed by atoms with van der Waals surface area (Å²) in [7, 11) is 1.59. The van der Waals surface area contributed by atoms with Crippen molar-refractivity contribution in [1.29, 1.82) is 0 Å². The third-order valence-electron chi connectivity index (χ3n) is 5.49. The number of carbonyl (C=O) groups is 2. The zero-order chi connectivity index (χ0) is 25.0. The number of amides is 3. The number of benzene rings is 1. The molecule has 3 N–H and O–H groups in total. The average Bonchev–Trinajstić information content (AvgIpc) is 3.32. The fraction of sp³-hybridized carbons (Fsp3) is 0.304. The molecule has 1 aliphatic rings.